The number of hydrogen-bond donors (Lipinski definition) is 1. The van der Waals surface area contributed by atoms with Gasteiger partial charge in [-0.05, 0) is 62.1 Å². The zero-order valence-electron chi connectivity index (χ0n) is 17.8. The van der Waals surface area contributed by atoms with Gasteiger partial charge in [0.15, 0.2) is 0 Å². The molecule has 0 saturated carbocycles. The fraction of sp³-hybridized carbons (Fsp3) is 0.667. The molecule has 0 amide bonds. The molecule has 1 aliphatic rings. The zero-order valence-corrected chi connectivity index (χ0v) is 17.8. The Kier molecular flexibility index (Phi) is 7.49. The van der Waals surface area contributed by atoms with Crippen LogP contribution in [0.25, 0.3) is 0 Å². The summed E-state index contributed by atoms with van der Waals surface area (Å²) in [5, 5.41) is 0. The summed E-state index contributed by atoms with van der Waals surface area (Å²) >= 11 is 0. The van der Waals surface area contributed by atoms with E-state index in [-0.39, 0.29) is 5.54 Å². The lowest BCUT2D eigenvalue weighted by Gasteiger charge is -2.42. The molecule has 0 bridgehead atoms. The molecule has 2 atom stereocenters. The Morgan fingerprint density at radius 2 is 2.04 bits per heavy atom. The quantitative estimate of drug-likeness (QED) is 0.538. The number of fused-ring (bicyclic) bond motifs is 1. The highest BCUT2D eigenvalue weighted by Gasteiger charge is 2.41. The summed E-state index contributed by atoms with van der Waals surface area (Å²) in [6.07, 6.45) is 7.15. The van der Waals surface area contributed by atoms with E-state index < -0.39 is 0 Å². The van der Waals surface area contributed by atoms with Crippen molar-refractivity contribution in [2.24, 2.45) is 11.7 Å². The second kappa shape index (κ2) is 9.19. The van der Waals surface area contributed by atoms with E-state index in [4.69, 9.17) is 5.73 Å². The third-order valence-corrected chi connectivity index (χ3v) is 6.49. The number of hydrogen-bond acceptors (Lipinski definition) is 2. The van der Waals surface area contributed by atoms with E-state index in [9.17, 15) is 0 Å². The predicted molar refractivity (Wildman–Crippen MR) is 114 cm³/mol. The van der Waals surface area contributed by atoms with Crippen LogP contribution in [0.15, 0.2) is 30.4 Å². The SMILES string of the molecule is C=C(CN)CCC(C(C)CC)N1Cc2cc(CCCC)ccc2C1(C)C. The second-order valence-electron chi connectivity index (χ2n) is 8.73. The molecule has 1 heterocycles. The van der Waals surface area contributed by atoms with Gasteiger partial charge in [-0.25, -0.2) is 0 Å². The van der Waals surface area contributed by atoms with E-state index in [0.717, 1.165) is 19.4 Å². The van der Waals surface area contributed by atoms with Gasteiger partial charge in [-0.1, -0.05) is 64.0 Å². The Morgan fingerprint density at radius 1 is 1.31 bits per heavy atom. The molecule has 2 rings (SSSR count). The van der Waals surface area contributed by atoms with Gasteiger partial charge >= 0.3 is 0 Å². The highest BCUT2D eigenvalue weighted by molar-refractivity contribution is 5.40. The van der Waals surface area contributed by atoms with Gasteiger partial charge in [0.25, 0.3) is 0 Å². The van der Waals surface area contributed by atoms with Gasteiger partial charge in [-0.2, -0.15) is 0 Å². The van der Waals surface area contributed by atoms with Crippen LogP contribution in [0.5, 0.6) is 0 Å². The van der Waals surface area contributed by atoms with Crippen molar-refractivity contribution in [1.82, 2.24) is 4.90 Å². The van der Waals surface area contributed by atoms with E-state index in [0.29, 0.717) is 18.5 Å². The average molecular weight is 357 g/mol. The maximum atomic E-state index is 5.79. The maximum Gasteiger partial charge on any atom is 0.0414 e. The van der Waals surface area contributed by atoms with Crippen LogP contribution in [0, 0.1) is 5.92 Å². The van der Waals surface area contributed by atoms with Crippen molar-refractivity contribution >= 4 is 0 Å². The molecular formula is C24H40N2. The van der Waals surface area contributed by atoms with Crippen LogP contribution < -0.4 is 5.73 Å². The van der Waals surface area contributed by atoms with Crippen LogP contribution in [0.3, 0.4) is 0 Å². The van der Waals surface area contributed by atoms with Gasteiger partial charge in [0, 0.05) is 24.7 Å². The fourth-order valence-electron chi connectivity index (χ4n) is 4.45. The van der Waals surface area contributed by atoms with Crippen LogP contribution in [-0.2, 0) is 18.5 Å². The minimum absolute atomic E-state index is 0.0940. The molecule has 146 valence electrons. The normalized spacial score (nSPS) is 18.5. The molecule has 2 nitrogen and oxygen atoms in total. The molecule has 1 aromatic carbocycles. The van der Waals surface area contributed by atoms with Crippen LogP contribution in [0.1, 0.15) is 83.4 Å². The fourth-order valence-corrected chi connectivity index (χ4v) is 4.45. The number of benzene rings is 1. The first kappa shape index (κ1) is 21.2. The van der Waals surface area contributed by atoms with E-state index in [2.05, 4.69) is 64.3 Å². The van der Waals surface area contributed by atoms with Crippen molar-refractivity contribution in [2.45, 2.75) is 91.3 Å². The molecule has 0 fully saturated rings. The maximum absolute atomic E-state index is 5.79. The summed E-state index contributed by atoms with van der Waals surface area (Å²) < 4.78 is 0. The molecule has 2 unspecified atom stereocenters. The Labute approximate surface area is 161 Å². The Morgan fingerprint density at radius 3 is 2.65 bits per heavy atom. The second-order valence-corrected chi connectivity index (χ2v) is 8.73. The first-order valence-electron chi connectivity index (χ1n) is 10.6. The van der Waals surface area contributed by atoms with E-state index in [1.54, 1.807) is 0 Å². The largest absolute Gasteiger partial charge is 0.327 e. The van der Waals surface area contributed by atoms with Crippen molar-refractivity contribution in [2.75, 3.05) is 6.54 Å². The average Bonchev–Trinajstić information content (AvgIpc) is 2.90. The molecule has 0 radical (unpaired) electrons. The number of rotatable bonds is 10. The molecule has 0 aromatic heterocycles. The zero-order chi connectivity index (χ0) is 19.3. The van der Waals surface area contributed by atoms with Crippen LogP contribution in [0.4, 0.5) is 0 Å². The standard InChI is InChI=1S/C24H40N2/c1-7-9-10-20-12-13-22-21(15-20)17-26(24(22,5)6)23(19(4)8-2)14-11-18(3)16-25/h12-13,15,19,23H,3,7-11,14,16-17,25H2,1-2,4-6H3. The molecule has 0 spiro atoms. The molecule has 26 heavy (non-hydrogen) atoms. The minimum Gasteiger partial charge on any atom is -0.327 e. The van der Waals surface area contributed by atoms with Crippen molar-refractivity contribution < 1.29 is 0 Å². The third kappa shape index (κ3) is 4.58. The van der Waals surface area contributed by atoms with Gasteiger partial charge in [-0.15, -0.1) is 0 Å². The van der Waals surface area contributed by atoms with Gasteiger partial charge in [-0.3, -0.25) is 4.90 Å². The van der Waals surface area contributed by atoms with Crippen molar-refractivity contribution in [3.63, 3.8) is 0 Å². The van der Waals surface area contributed by atoms with E-state index in [1.165, 1.54) is 47.9 Å². The highest BCUT2D eigenvalue weighted by Crippen LogP contribution is 2.43. The Bertz CT molecular complexity index is 602. The summed E-state index contributed by atoms with van der Waals surface area (Å²) in [6, 6.07) is 7.80. The van der Waals surface area contributed by atoms with E-state index in [1.807, 2.05) is 0 Å². The smallest absolute Gasteiger partial charge is 0.0414 e. The van der Waals surface area contributed by atoms with E-state index >= 15 is 0 Å². The minimum atomic E-state index is 0.0940. The van der Waals surface area contributed by atoms with Gasteiger partial charge < -0.3 is 5.73 Å². The van der Waals surface area contributed by atoms with Crippen molar-refractivity contribution in [3.05, 3.63) is 47.0 Å². The lowest BCUT2D eigenvalue weighted by molar-refractivity contribution is 0.0440. The van der Waals surface area contributed by atoms with Gasteiger partial charge in [0.05, 0.1) is 0 Å². The number of nitrogens with two attached hydrogens (primary N) is 1. The lowest BCUT2D eigenvalue weighted by atomic mass is 9.87. The number of unbranched alkanes of at least 4 members (excludes halogenated alkanes) is 1. The first-order valence-corrected chi connectivity index (χ1v) is 10.6. The Balaban J connectivity index is 2.24. The first-order chi connectivity index (χ1) is 12.3. The van der Waals surface area contributed by atoms with Crippen LogP contribution >= 0.6 is 0 Å². The van der Waals surface area contributed by atoms with Gasteiger partial charge in [0.2, 0.25) is 0 Å². The third-order valence-electron chi connectivity index (χ3n) is 6.49. The highest BCUT2D eigenvalue weighted by atomic mass is 15.2. The topological polar surface area (TPSA) is 29.3 Å². The molecule has 1 aromatic rings. The summed E-state index contributed by atoms with van der Waals surface area (Å²) in [4.78, 5) is 2.75. The molecule has 0 aliphatic carbocycles. The molecule has 2 N–H and O–H groups in total. The summed E-state index contributed by atoms with van der Waals surface area (Å²) in [6.45, 7) is 17.6. The van der Waals surface area contributed by atoms with Crippen molar-refractivity contribution in [1.29, 1.82) is 0 Å². The summed E-state index contributed by atoms with van der Waals surface area (Å²) in [5.41, 5.74) is 11.6. The summed E-state index contributed by atoms with van der Waals surface area (Å²) in [5.74, 6) is 0.675. The van der Waals surface area contributed by atoms with Gasteiger partial charge in [0.1, 0.15) is 0 Å². The molecular weight excluding hydrogens is 316 g/mol. The molecule has 1 aliphatic heterocycles. The number of nitrogens with zero attached hydrogens (tertiary/aromatic N) is 1. The number of aryl methyl sites for hydroxylation is 1. The molecule has 0 saturated heterocycles. The molecule has 2 heteroatoms. The van der Waals surface area contributed by atoms with Crippen molar-refractivity contribution in [3.8, 4) is 0 Å². The lowest BCUT2D eigenvalue weighted by Crippen LogP contribution is -2.46. The van der Waals surface area contributed by atoms with Crippen LogP contribution in [0.2, 0.25) is 0 Å². The Hall–Kier alpha value is -1.12. The van der Waals surface area contributed by atoms with Crippen LogP contribution in [-0.4, -0.2) is 17.5 Å². The predicted octanol–water partition coefficient (Wildman–Crippen LogP) is 5.79. The summed E-state index contributed by atoms with van der Waals surface area (Å²) in [7, 11) is 0. The monoisotopic (exact) mass is 356 g/mol.